The molecule has 1 aliphatic heterocycles. The fourth-order valence-corrected chi connectivity index (χ4v) is 4.79. The first-order valence-corrected chi connectivity index (χ1v) is 12.9. The highest BCUT2D eigenvalue weighted by Gasteiger charge is 2.37. The number of amides is 2. The molecule has 0 aromatic heterocycles. The normalized spacial score (nSPS) is 17.4. The summed E-state index contributed by atoms with van der Waals surface area (Å²) in [6.45, 7) is 3.13. The number of carbonyl (C=O) groups is 3. The average Bonchev–Trinajstić information content (AvgIpc) is 3.26. The molecule has 2 rings (SSSR count). The summed E-state index contributed by atoms with van der Waals surface area (Å²) in [5.41, 5.74) is 1.32. The molecule has 0 aliphatic carbocycles. The molecule has 1 aromatic rings. The van der Waals surface area contributed by atoms with Gasteiger partial charge < -0.3 is 20.4 Å². The van der Waals surface area contributed by atoms with Crippen LogP contribution in [0.3, 0.4) is 0 Å². The second-order valence-electron chi connectivity index (χ2n) is 8.96. The van der Waals surface area contributed by atoms with Crippen molar-refractivity contribution in [2.75, 3.05) is 58.3 Å². The highest BCUT2D eigenvalue weighted by Crippen LogP contribution is 2.26. The number of hydrogen-bond acceptors (Lipinski definition) is 6. The second-order valence-corrected chi connectivity index (χ2v) is 10.1. The molecule has 1 heterocycles. The average molecular weight is 517 g/mol. The van der Waals surface area contributed by atoms with Crippen LogP contribution in [-0.2, 0) is 14.4 Å². The van der Waals surface area contributed by atoms with Gasteiger partial charge in [0, 0.05) is 19.6 Å². The number of nitrogens with one attached hydrogen (secondary N) is 2. The van der Waals surface area contributed by atoms with Crippen LogP contribution in [0.1, 0.15) is 30.7 Å². The fourth-order valence-electron chi connectivity index (χ4n) is 3.93. The molecular weight excluding hydrogens is 481 g/mol. The largest absolute Gasteiger partial charge is 0.450 e. The molecule has 7 nitrogen and oxygen atoms in total. The predicted molar refractivity (Wildman–Crippen MR) is 131 cm³/mol. The molecule has 2 atom stereocenters. The van der Waals surface area contributed by atoms with Crippen molar-refractivity contribution in [3.63, 3.8) is 0 Å². The van der Waals surface area contributed by atoms with E-state index in [2.05, 4.69) is 27.7 Å². The van der Waals surface area contributed by atoms with Gasteiger partial charge in [0.15, 0.2) is 0 Å². The molecule has 196 valence electrons. The van der Waals surface area contributed by atoms with E-state index in [1.165, 1.54) is 5.56 Å². The Balaban J connectivity index is 1.77. The van der Waals surface area contributed by atoms with E-state index in [1.54, 1.807) is 19.0 Å². The third-order valence-corrected chi connectivity index (χ3v) is 6.76. The Kier molecular flexibility index (Phi) is 12.0. The Morgan fingerprint density at radius 3 is 2.57 bits per heavy atom. The SMILES string of the molecule is CN(C)CC(=O)N[C@@H](CCCSCC(=O)C(F)(F)F)C(=O)NCCN1CCC(c2ccccc2)C1. The summed E-state index contributed by atoms with van der Waals surface area (Å²) in [4.78, 5) is 39.9. The summed E-state index contributed by atoms with van der Waals surface area (Å²) in [6.07, 6.45) is -3.10. The zero-order valence-electron chi connectivity index (χ0n) is 20.3. The number of halogens is 3. The molecule has 0 radical (unpaired) electrons. The van der Waals surface area contributed by atoms with Crippen LogP contribution >= 0.6 is 11.8 Å². The zero-order valence-corrected chi connectivity index (χ0v) is 21.1. The lowest BCUT2D eigenvalue weighted by Crippen LogP contribution is -2.50. The summed E-state index contributed by atoms with van der Waals surface area (Å²) in [7, 11) is 3.48. The van der Waals surface area contributed by atoms with Gasteiger partial charge in [-0.25, -0.2) is 0 Å². The molecule has 1 unspecified atom stereocenters. The Morgan fingerprint density at radius 1 is 1.20 bits per heavy atom. The van der Waals surface area contributed by atoms with Crippen LogP contribution in [0.25, 0.3) is 0 Å². The van der Waals surface area contributed by atoms with Crippen LogP contribution in [0, 0.1) is 0 Å². The minimum atomic E-state index is -4.83. The Hall–Kier alpha value is -2.11. The number of alkyl halides is 3. The number of thioether (sulfide) groups is 1. The lowest BCUT2D eigenvalue weighted by Gasteiger charge is -2.21. The van der Waals surface area contributed by atoms with Crippen molar-refractivity contribution in [2.45, 2.75) is 37.4 Å². The molecule has 1 fully saturated rings. The maximum atomic E-state index is 12.8. The molecule has 2 N–H and O–H groups in total. The number of Topliss-reactive ketones (excluding diaryl/α,β-unsaturated/α-hetero) is 1. The van der Waals surface area contributed by atoms with Crippen LogP contribution < -0.4 is 10.6 Å². The Morgan fingerprint density at radius 2 is 1.91 bits per heavy atom. The van der Waals surface area contributed by atoms with E-state index in [9.17, 15) is 27.6 Å². The van der Waals surface area contributed by atoms with Gasteiger partial charge in [0.1, 0.15) is 6.04 Å². The quantitative estimate of drug-likeness (QED) is 0.370. The van der Waals surface area contributed by atoms with Gasteiger partial charge in [0.2, 0.25) is 17.6 Å². The first-order chi connectivity index (χ1) is 16.6. The zero-order chi connectivity index (χ0) is 25.8. The first-order valence-electron chi connectivity index (χ1n) is 11.7. The summed E-state index contributed by atoms with van der Waals surface area (Å²) >= 11 is 0.876. The van der Waals surface area contributed by atoms with Gasteiger partial charge in [-0.3, -0.25) is 14.4 Å². The Labute approximate surface area is 209 Å². The van der Waals surface area contributed by atoms with Crippen LogP contribution in [-0.4, -0.2) is 97.9 Å². The van der Waals surface area contributed by atoms with E-state index >= 15 is 0 Å². The minimum absolute atomic E-state index is 0.118. The summed E-state index contributed by atoms with van der Waals surface area (Å²) in [6, 6.07) is 9.56. The standard InChI is InChI=1S/C24H35F3N4O3S/c1-30(2)16-22(33)29-20(9-6-14-35-17-21(32)24(25,26)27)23(34)28-11-13-31-12-10-19(15-31)18-7-4-3-5-8-18/h3-5,7-8,19-20H,6,9-17H2,1-2H3,(H,28,34)(H,29,33)/t19?,20-/m0/s1. The van der Waals surface area contributed by atoms with Gasteiger partial charge in [-0.1, -0.05) is 30.3 Å². The molecule has 2 amide bonds. The maximum Gasteiger partial charge on any atom is 0.450 e. The topological polar surface area (TPSA) is 81.8 Å². The van der Waals surface area contributed by atoms with Crippen LogP contribution in [0.5, 0.6) is 0 Å². The number of nitrogens with zero attached hydrogens (tertiary/aromatic N) is 2. The van der Waals surface area contributed by atoms with Gasteiger partial charge in [0.05, 0.1) is 12.3 Å². The minimum Gasteiger partial charge on any atom is -0.353 e. The number of ketones is 1. The highest BCUT2D eigenvalue weighted by molar-refractivity contribution is 7.99. The van der Waals surface area contributed by atoms with Crippen molar-refractivity contribution in [1.82, 2.24) is 20.4 Å². The van der Waals surface area contributed by atoms with Gasteiger partial charge >= 0.3 is 6.18 Å². The van der Waals surface area contributed by atoms with E-state index in [4.69, 9.17) is 0 Å². The first kappa shape index (κ1) is 29.1. The number of hydrogen-bond donors (Lipinski definition) is 2. The molecule has 1 aliphatic rings. The molecule has 0 saturated carbocycles. The van der Waals surface area contributed by atoms with E-state index in [0.717, 1.165) is 31.3 Å². The van der Waals surface area contributed by atoms with Crippen LogP contribution in [0.4, 0.5) is 13.2 Å². The van der Waals surface area contributed by atoms with Crippen molar-refractivity contribution in [3.8, 4) is 0 Å². The van der Waals surface area contributed by atoms with E-state index in [-0.39, 0.29) is 30.5 Å². The molecular formula is C24H35F3N4O3S. The van der Waals surface area contributed by atoms with Crippen LogP contribution in [0.15, 0.2) is 30.3 Å². The van der Waals surface area contributed by atoms with Gasteiger partial charge in [0.25, 0.3) is 0 Å². The highest BCUT2D eigenvalue weighted by atomic mass is 32.2. The third kappa shape index (κ3) is 11.0. The lowest BCUT2D eigenvalue weighted by molar-refractivity contribution is -0.167. The molecule has 1 saturated heterocycles. The van der Waals surface area contributed by atoms with Crippen molar-refractivity contribution in [1.29, 1.82) is 0 Å². The third-order valence-electron chi connectivity index (χ3n) is 5.71. The summed E-state index contributed by atoms with van der Waals surface area (Å²) in [5, 5.41) is 5.60. The van der Waals surface area contributed by atoms with Gasteiger partial charge in [-0.2, -0.15) is 24.9 Å². The lowest BCUT2D eigenvalue weighted by atomic mass is 9.99. The smallest absolute Gasteiger partial charge is 0.353 e. The molecule has 0 spiro atoms. The Bertz CT molecular complexity index is 824. The van der Waals surface area contributed by atoms with E-state index in [0.29, 0.717) is 25.4 Å². The van der Waals surface area contributed by atoms with E-state index in [1.807, 2.05) is 18.2 Å². The number of rotatable bonds is 14. The monoisotopic (exact) mass is 516 g/mol. The maximum absolute atomic E-state index is 12.8. The summed E-state index contributed by atoms with van der Waals surface area (Å²) < 4.78 is 36.9. The van der Waals surface area contributed by atoms with Crippen LogP contribution in [0.2, 0.25) is 0 Å². The van der Waals surface area contributed by atoms with Gasteiger partial charge in [-0.05, 0) is 57.1 Å². The number of likely N-dealkylation sites (tertiary alicyclic amines) is 1. The van der Waals surface area contributed by atoms with Crippen molar-refractivity contribution >= 4 is 29.4 Å². The molecule has 35 heavy (non-hydrogen) atoms. The predicted octanol–water partition coefficient (Wildman–Crippen LogP) is 2.28. The van der Waals surface area contributed by atoms with E-state index < -0.39 is 23.8 Å². The van der Waals surface area contributed by atoms with Crippen molar-refractivity contribution < 1.29 is 27.6 Å². The summed E-state index contributed by atoms with van der Waals surface area (Å²) in [5.74, 6) is -2.27. The second kappa shape index (κ2) is 14.4. The number of benzene rings is 1. The fraction of sp³-hybridized carbons (Fsp3) is 0.625. The van der Waals surface area contributed by atoms with Gasteiger partial charge in [-0.15, -0.1) is 0 Å². The molecule has 1 aromatic carbocycles. The number of likely N-dealkylation sites (N-methyl/N-ethyl adjacent to an activating group) is 1. The number of carbonyl (C=O) groups excluding carboxylic acids is 3. The van der Waals surface area contributed by atoms with Crippen molar-refractivity contribution in [3.05, 3.63) is 35.9 Å². The molecule has 0 bridgehead atoms. The molecule has 11 heteroatoms. The van der Waals surface area contributed by atoms with Crippen molar-refractivity contribution in [2.24, 2.45) is 0 Å².